The van der Waals surface area contributed by atoms with Crippen molar-refractivity contribution in [2.75, 3.05) is 0 Å². The zero-order valence-corrected chi connectivity index (χ0v) is 16.2. The van der Waals surface area contributed by atoms with Gasteiger partial charge in [-0.1, -0.05) is 12.1 Å². The van der Waals surface area contributed by atoms with Gasteiger partial charge in [-0.25, -0.2) is 0 Å². The molecule has 0 aromatic carbocycles. The van der Waals surface area contributed by atoms with Gasteiger partial charge in [0.25, 0.3) is 0 Å². The van der Waals surface area contributed by atoms with Crippen LogP contribution in [-0.2, 0) is 5.41 Å². The molecule has 0 spiro atoms. The van der Waals surface area contributed by atoms with Crippen LogP contribution in [-0.4, -0.2) is 25.1 Å². The second-order valence-corrected chi connectivity index (χ2v) is 7.19. The number of H-pyrrole nitrogens is 1. The number of aromatic nitrogens is 5. The number of halogens is 2. The molecule has 30 heavy (non-hydrogen) atoms. The van der Waals surface area contributed by atoms with Gasteiger partial charge in [0, 0.05) is 11.5 Å². The van der Waals surface area contributed by atoms with E-state index in [9.17, 15) is 8.78 Å². The van der Waals surface area contributed by atoms with Gasteiger partial charge in [0.15, 0.2) is 5.69 Å². The van der Waals surface area contributed by atoms with Gasteiger partial charge in [0.1, 0.15) is 6.07 Å². The summed E-state index contributed by atoms with van der Waals surface area (Å²) in [6.45, 7) is 3.91. The first-order valence-electron chi connectivity index (χ1n) is 9.12. The summed E-state index contributed by atoms with van der Waals surface area (Å²) in [5, 5.41) is 15.7. The predicted octanol–water partition coefficient (Wildman–Crippen LogP) is 4.40. The van der Waals surface area contributed by atoms with Gasteiger partial charge in [-0.15, -0.1) is 0 Å². The topological polar surface area (TPSA) is 91.1 Å². The van der Waals surface area contributed by atoms with Crippen LogP contribution in [0.2, 0.25) is 0 Å². The molecule has 4 aromatic rings. The summed E-state index contributed by atoms with van der Waals surface area (Å²) in [5.41, 5.74) is 2.80. The number of nitrogens with one attached hydrogen (secondary N) is 1. The Morgan fingerprint density at radius 2 is 1.57 bits per heavy atom. The molecule has 4 aromatic heterocycles. The first kappa shape index (κ1) is 19.3. The third kappa shape index (κ3) is 3.53. The third-order valence-corrected chi connectivity index (χ3v) is 4.84. The Morgan fingerprint density at radius 3 is 2.20 bits per heavy atom. The zero-order chi connectivity index (χ0) is 21.3. The first-order chi connectivity index (χ1) is 14.4. The van der Waals surface area contributed by atoms with Crippen molar-refractivity contribution < 1.29 is 8.78 Å². The molecule has 6 nitrogen and oxygen atoms in total. The molecule has 1 N–H and O–H groups in total. The van der Waals surface area contributed by atoms with E-state index in [1.54, 1.807) is 18.2 Å². The van der Waals surface area contributed by atoms with Gasteiger partial charge in [0.2, 0.25) is 11.9 Å². The third-order valence-electron chi connectivity index (χ3n) is 4.84. The number of hydrogen-bond acceptors (Lipinski definition) is 5. The lowest BCUT2D eigenvalue weighted by Gasteiger charge is -2.24. The van der Waals surface area contributed by atoms with Crippen molar-refractivity contribution in [1.82, 2.24) is 25.1 Å². The summed E-state index contributed by atoms with van der Waals surface area (Å²) in [6, 6.07) is 16.8. The van der Waals surface area contributed by atoms with Crippen LogP contribution in [0.15, 0.2) is 54.6 Å². The molecule has 0 fully saturated rings. The van der Waals surface area contributed by atoms with Crippen molar-refractivity contribution in [3.8, 4) is 28.7 Å². The average molecular weight is 402 g/mol. The minimum Gasteiger partial charge on any atom is -0.275 e. The molecule has 0 saturated heterocycles. The van der Waals surface area contributed by atoms with E-state index in [2.05, 4.69) is 20.2 Å². The van der Waals surface area contributed by atoms with E-state index >= 15 is 0 Å². The highest BCUT2D eigenvalue weighted by molar-refractivity contribution is 5.59. The molecule has 8 heteroatoms. The molecule has 0 radical (unpaired) electrons. The monoisotopic (exact) mass is 402 g/mol. The normalized spacial score (nSPS) is 11.3. The molecule has 4 rings (SSSR count). The van der Waals surface area contributed by atoms with Crippen molar-refractivity contribution in [1.29, 1.82) is 5.26 Å². The van der Waals surface area contributed by atoms with Gasteiger partial charge >= 0.3 is 0 Å². The van der Waals surface area contributed by atoms with E-state index < -0.39 is 17.3 Å². The van der Waals surface area contributed by atoms with Crippen LogP contribution < -0.4 is 0 Å². The van der Waals surface area contributed by atoms with Gasteiger partial charge in [-0.3, -0.25) is 15.1 Å². The minimum absolute atomic E-state index is 0.122. The smallest absolute Gasteiger partial charge is 0.224 e. The van der Waals surface area contributed by atoms with Crippen LogP contribution in [0.3, 0.4) is 0 Å². The fourth-order valence-corrected chi connectivity index (χ4v) is 3.11. The van der Waals surface area contributed by atoms with Crippen LogP contribution in [0.4, 0.5) is 8.78 Å². The Balaban J connectivity index is 1.74. The van der Waals surface area contributed by atoms with Crippen LogP contribution in [0.1, 0.15) is 30.9 Å². The average Bonchev–Trinajstić information content (AvgIpc) is 3.23. The van der Waals surface area contributed by atoms with Gasteiger partial charge in [-0.2, -0.15) is 24.1 Å². The highest BCUT2D eigenvalue weighted by atomic mass is 19.1. The van der Waals surface area contributed by atoms with Crippen LogP contribution in [0, 0.1) is 23.2 Å². The molecular formula is C22H16F2N6. The number of nitrogens with zero attached hydrogens (tertiary/aromatic N) is 5. The summed E-state index contributed by atoms with van der Waals surface area (Å²) in [6.07, 6.45) is 0. The molecule has 0 saturated carbocycles. The molecule has 0 atom stereocenters. The Labute approximate surface area is 171 Å². The van der Waals surface area contributed by atoms with Crippen LogP contribution >= 0.6 is 0 Å². The van der Waals surface area contributed by atoms with E-state index in [-0.39, 0.29) is 11.3 Å². The molecule has 148 valence electrons. The van der Waals surface area contributed by atoms with E-state index in [0.29, 0.717) is 22.8 Å². The van der Waals surface area contributed by atoms with Crippen LogP contribution in [0.25, 0.3) is 22.6 Å². The fraction of sp³-hybridized carbons (Fsp3) is 0.136. The zero-order valence-electron chi connectivity index (χ0n) is 16.2. The summed E-state index contributed by atoms with van der Waals surface area (Å²) in [4.78, 5) is 12.5. The van der Waals surface area contributed by atoms with Gasteiger partial charge < -0.3 is 0 Å². The van der Waals surface area contributed by atoms with Crippen molar-refractivity contribution >= 4 is 0 Å². The lowest BCUT2D eigenvalue weighted by Crippen LogP contribution is -2.22. The summed E-state index contributed by atoms with van der Waals surface area (Å²) >= 11 is 0. The maximum atomic E-state index is 14.1. The van der Waals surface area contributed by atoms with Crippen molar-refractivity contribution in [2.24, 2.45) is 0 Å². The molecular weight excluding hydrogens is 386 g/mol. The Bertz CT molecular complexity index is 1270. The minimum atomic E-state index is -0.912. The van der Waals surface area contributed by atoms with Crippen molar-refractivity contribution in [3.63, 3.8) is 0 Å². The summed E-state index contributed by atoms with van der Waals surface area (Å²) in [5.74, 6) is -1.79. The Morgan fingerprint density at radius 1 is 0.900 bits per heavy atom. The lowest BCUT2D eigenvalue weighted by atomic mass is 9.84. The molecule has 0 aliphatic heterocycles. The maximum Gasteiger partial charge on any atom is 0.224 e. The number of nitriles is 1. The Hall–Kier alpha value is -3.99. The predicted molar refractivity (Wildman–Crippen MR) is 106 cm³/mol. The van der Waals surface area contributed by atoms with Crippen LogP contribution in [0.5, 0.6) is 0 Å². The number of pyridine rings is 3. The van der Waals surface area contributed by atoms with E-state index in [1.165, 1.54) is 6.07 Å². The second-order valence-electron chi connectivity index (χ2n) is 7.19. The van der Waals surface area contributed by atoms with Gasteiger partial charge in [0.05, 0.1) is 34.0 Å². The van der Waals surface area contributed by atoms with Crippen molar-refractivity contribution in [2.45, 2.75) is 19.3 Å². The second kappa shape index (κ2) is 7.44. The molecule has 0 bridgehead atoms. The SMILES string of the molecule is CC(C)(c1cccc(-c2cc(C#N)n[nH]2)n1)c1cccc(-c2ccc(F)nc2F)n1. The highest BCUT2D eigenvalue weighted by Gasteiger charge is 2.27. The van der Waals surface area contributed by atoms with Crippen molar-refractivity contribution in [3.05, 3.63) is 83.6 Å². The van der Waals surface area contributed by atoms with E-state index in [4.69, 9.17) is 10.2 Å². The lowest BCUT2D eigenvalue weighted by molar-refractivity contribution is 0.514. The molecule has 0 aliphatic carbocycles. The quantitative estimate of drug-likeness (QED) is 0.511. The van der Waals surface area contributed by atoms with E-state index in [0.717, 1.165) is 11.8 Å². The number of hydrogen-bond donors (Lipinski definition) is 1. The summed E-state index contributed by atoms with van der Waals surface area (Å²) < 4.78 is 27.3. The first-order valence-corrected chi connectivity index (χ1v) is 9.12. The highest BCUT2D eigenvalue weighted by Crippen LogP contribution is 2.32. The molecule has 0 aliphatic rings. The number of aromatic amines is 1. The number of rotatable bonds is 4. The molecule has 0 amide bonds. The maximum absolute atomic E-state index is 14.1. The fourth-order valence-electron chi connectivity index (χ4n) is 3.11. The Kier molecular flexibility index (Phi) is 4.80. The summed E-state index contributed by atoms with van der Waals surface area (Å²) in [7, 11) is 0. The molecule has 4 heterocycles. The standard InChI is InChI=1S/C22H16F2N6/c1-22(2,19-8-4-6-16(27-19)17-11-13(12-25)29-30-17)18-7-3-5-15(26-18)14-9-10-20(23)28-21(14)24/h3-11H,1-2H3,(H,29,30). The van der Waals surface area contributed by atoms with Gasteiger partial charge in [-0.05, 0) is 50.2 Å². The molecule has 0 unspecified atom stereocenters. The largest absolute Gasteiger partial charge is 0.275 e. The van der Waals surface area contributed by atoms with E-state index in [1.807, 2.05) is 44.2 Å².